The van der Waals surface area contributed by atoms with E-state index in [0.717, 1.165) is 16.0 Å². The Morgan fingerprint density at radius 2 is 2.00 bits per heavy atom. The molecule has 0 radical (unpaired) electrons. The Morgan fingerprint density at radius 3 is 2.64 bits per heavy atom. The third kappa shape index (κ3) is 6.35. The summed E-state index contributed by atoms with van der Waals surface area (Å²) in [4.78, 5) is 38.9. The van der Waals surface area contributed by atoms with Gasteiger partial charge in [0.05, 0.1) is 6.54 Å². The van der Waals surface area contributed by atoms with Crippen LogP contribution in [-0.2, 0) is 20.9 Å². The molecule has 1 aromatic carbocycles. The third-order valence-corrected chi connectivity index (χ3v) is 5.01. The van der Waals surface area contributed by atoms with Crippen molar-refractivity contribution in [2.45, 2.75) is 20.4 Å². The number of aryl methyl sites for hydroxylation is 2. The highest BCUT2D eigenvalue weighted by atomic mass is 32.1. The highest BCUT2D eigenvalue weighted by Gasteiger charge is 2.16. The van der Waals surface area contributed by atoms with Crippen LogP contribution in [0.15, 0.2) is 48.4 Å². The van der Waals surface area contributed by atoms with E-state index in [1.165, 1.54) is 0 Å². The number of nitrogens with zero attached hydrogens (tertiary/aromatic N) is 1. The molecule has 1 aromatic heterocycles. The van der Waals surface area contributed by atoms with Crippen LogP contribution in [0.3, 0.4) is 0 Å². The minimum absolute atomic E-state index is 0.300. The second kappa shape index (κ2) is 10.4. The summed E-state index contributed by atoms with van der Waals surface area (Å²) in [5, 5.41) is 4.44. The molecule has 2 rings (SSSR count). The molecule has 2 aromatic rings. The molecule has 0 aliphatic rings. The highest BCUT2D eigenvalue weighted by Crippen LogP contribution is 2.12. The summed E-state index contributed by atoms with van der Waals surface area (Å²) in [7, 11) is 0. The number of amides is 2. The van der Waals surface area contributed by atoms with Gasteiger partial charge in [0, 0.05) is 17.0 Å². The van der Waals surface area contributed by atoms with Gasteiger partial charge in [0.2, 0.25) is 0 Å². The number of nitrogens with one attached hydrogen (secondary N) is 1. The van der Waals surface area contributed by atoms with Crippen molar-refractivity contribution in [3.8, 4) is 0 Å². The van der Waals surface area contributed by atoms with Gasteiger partial charge in [0.1, 0.15) is 6.54 Å². The molecule has 0 aliphatic carbocycles. The Bertz CT molecular complexity index is 846. The zero-order valence-electron chi connectivity index (χ0n) is 16.1. The van der Waals surface area contributed by atoms with Crippen LogP contribution in [0, 0.1) is 13.8 Å². The quantitative estimate of drug-likeness (QED) is 0.519. The molecule has 0 aliphatic heterocycles. The number of carbonyl (C=O) groups excluding carboxylic acids is 3. The van der Waals surface area contributed by atoms with Crippen molar-refractivity contribution in [3.63, 3.8) is 0 Å². The first-order valence-electron chi connectivity index (χ1n) is 8.83. The second-order valence-electron chi connectivity index (χ2n) is 6.28. The van der Waals surface area contributed by atoms with Crippen LogP contribution in [0.1, 0.15) is 26.4 Å². The predicted octanol–water partition coefficient (Wildman–Crippen LogP) is 2.85. The van der Waals surface area contributed by atoms with Gasteiger partial charge in [-0.25, -0.2) is 0 Å². The minimum Gasteiger partial charge on any atom is -0.454 e. The minimum atomic E-state index is -0.666. The molecule has 0 bridgehead atoms. The Kier molecular flexibility index (Phi) is 7.95. The van der Waals surface area contributed by atoms with Crippen LogP contribution >= 0.6 is 11.3 Å². The molecular formula is C21H24N2O4S. The molecule has 0 unspecified atom stereocenters. The number of thiophene rings is 1. The standard InChI is InChI=1S/C21H24N2O4S/c1-4-9-23(13-18-6-5-10-28-18)19(24)14-27-20(25)12-22-21(26)17-8-7-15(2)16(3)11-17/h4-8,10-11H,1,9,12-14H2,2-3H3,(H,22,26). The van der Waals surface area contributed by atoms with Crippen LogP contribution in [0.4, 0.5) is 0 Å². The topological polar surface area (TPSA) is 75.7 Å². The van der Waals surface area contributed by atoms with Crippen molar-refractivity contribution in [1.82, 2.24) is 10.2 Å². The first-order chi connectivity index (χ1) is 13.4. The number of ether oxygens (including phenoxy) is 1. The van der Waals surface area contributed by atoms with Crippen LogP contribution < -0.4 is 5.32 Å². The molecule has 0 saturated heterocycles. The van der Waals surface area contributed by atoms with Crippen molar-refractivity contribution in [3.05, 3.63) is 69.9 Å². The third-order valence-electron chi connectivity index (χ3n) is 4.15. The normalized spacial score (nSPS) is 10.2. The summed E-state index contributed by atoms with van der Waals surface area (Å²) in [6.07, 6.45) is 1.62. The molecule has 0 atom stereocenters. The Balaban J connectivity index is 1.79. The van der Waals surface area contributed by atoms with Crippen LogP contribution in [-0.4, -0.2) is 42.4 Å². The summed E-state index contributed by atoms with van der Waals surface area (Å²) >= 11 is 1.55. The molecule has 1 N–H and O–H groups in total. The van der Waals surface area contributed by atoms with Crippen molar-refractivity contribution in [1.29, 1.82) is 0 Å². The fraction of sp³-hybridized carbons (Fsp3) is 0.286. The van der Waals surface area contributed by atoms with Gasteiger partial charge in [0.25, 0.3) is 11.8 Å². The van der Waals surface area contributed by atoms with E-state index in [1.807, 2.05) is 37.4 Å². The summed E-state index contributed by atoms with van der Waals surface area (Å²) in [5.74, 6) is -1.35. The molecular weight excluding hydrogens is 376 g/mol. The molecule has 6 nitrogen and oxygen atoms in total. The van der Waals surface area contributed by atoms with E-state index in [0.29, 0.717) is 18.7 Å². The smallest absolute Gasteiger partial charge is 0.325 e. The Labute approximate surface area is 168 Å². The van der Waals surface area contributed by atoms with Crippen molar-refractivity contribution in [2.24, 2.45) is 0 Å². The van der Waals surface area contributed by atoms with Crippen LogP contribution in [0.2, 0.25) is 0 Å². The van der Waals surface area contributed by atoms with E-state index in [-0.39, 0.29) is 25.0 Å². The van der Waals surface area contributed by atoms with Gasteiger partial charge < -0.3 is 15.0 Å². The lowest BCUT2D eigenvalue weighted by Crippen LogP contribution is -2.36. The fourth-order valence-corrected chi connectivity index (χ4v) is 3.14. The van der Waals surface area contributed by atoms with Gasteiger partial charge in [0.15, 0.2) is 6.61 Å². The van der Waals surface area contributed by atoms with E-state index >= 15 is 0 Å². The van der Waals surface area contributed by atoms with E-state index in [9.17, 15) is 14.4 Å². The van der Waals surface area contributed by atoms with Gasteiger partial charge in [-0.2, -0.15) is 0 Å². The molecule has 148 valence electrons. The second-order valence-corrected chi connectivity index (χ2v) is 7.32. The Morgan fingerprint density at radius 1 is 1.21 bits per heavy atom. The first kappa shape index (κ1) is 21.4. The maximum atomic E-state index is 12.3. The van der Waals surface area contributed by atoms with E-state index in [1.54, 1.807) is 34.4 Å². The van der Waals surface area contributed by atoms with Crippen molar-refractivity contribution >= 4 is 29.1 Å². The van der Waals surface area contributed by atoms with Gasteiger partial charge in [-0.3, -0.25) is 14.4 Å². The molecule has 0 fully saturated rings. The number of carbonyl (C=O) groups is 3. The predicted molar refractivity (Wildman–Crippen MR) is 109 cm³/mol. The zero-order chi connectivity index (χ0) is 20.5. The lowest BCUT2D eigenvalue weighted by molar-refractivity contribution is -0.151. The number of benzene rings is 1. The van der Waals surface area contributed by atoms with Gasteiger partial charge in [-0.05, 0) is 48.6 Å². The number of rotatable bonds is 9. The first-order valence-corrected chi connectivity index (χ1v) is 9.70. The molecule has 1 heterocycles. The SMILES string of the molecule is C=CCN(Cc1cccs1)C(=O)COC(=O)CNC(=O)c1ccc(C)c(C)c1. The van der Waals surface area contributed by atoms with Crippen LogP contribution in [0.5, 0.6) is 0 Å². The number of hydrogen-bond acceptors (Lipinski definition) is 5. The lowest BCUT2D eigenvalue weighted by Gasteiger charge is -2.20. The van der Waals surface area contributed by atoms with Gasteiger partial charge in [-0.1, -0.05) is 18.2 Å². The summed E-state index contributed by atoms with van der Waals surface area (Å²) in [5.41, 5.74) is 2.55. The fourth-order valence-electron chi connectivity index (χ4n) is 2.42. The van der Waals surface area contributed by atoms with Crippen molar-refractivity contribution < 1.29 is 19.1 Å². The molecule has 7 heteroatoms. The lowest BCUT2D eigenvalue weighted by atomic mass is 10.1. The monoisotopic (exact) mass is 400 g/mol. The summed E-state index contributed by atoms with van der Waals surface area (Å²) in [6, 6.07) is 9.15. The van der Waals surface area contributed by atoms with E-state index in [2.05, 4.69) is 11.9 Å². The number of esters is 1. The van der Waals surface area contributed by atoms with E-state index < -0.39 is 5.97 Å². The molecule has 28 heavy (non-hydrogen) atoms. The van der Waals surface area contributed by atoms with Crippen molar-refractivity contribution in [2.75, 3.05) is 19.7 Å². The molecule has 0 spiro atoms. The van der Waals surface area contributed by atoms with Gasteiger partial charge in [-0.15, -0.1) is 17.9 Å². The Hall–Kier alpha value is -2.93. The highest BCUT2D eigenvalue weighted by molar-refractivity contribution is 7.09. The zero-order valence-corrected chi connectivity index (χ0v) is 16.9. The average molecular weight is 401 g/mol. The van der Waals surface area contributed by atoms with Gasteiger partial charge >= 0.3 is 5.97 Å². The largest absolute Gasteiger partial charge is 0.454 e. The summed E-state index contributed by atoms with van der Waals surface area (Å²) in [6.45, 7) is 7.64. The average Bonchev–Trinajstić information content (AvgIpc) is 3.19. The summed E-state index contributed by atoms with van der Waals surface area (Å²) < 4.78 is 5.00. The van der Waals surface area contributed by atoms with E-state index in [4.69, 9.17) is 4.74 Å². The molecule has 0 saturated carbocycles. The molecule has 2 amide bonds. The van der Waals surface area contributed by atoms with Crippen LogP contribution in [0.25, 0.3) is 0 Å². The maximum Gasteiger partial charge on any atom is 0.325 e. The number of hydrogen-bond donors (Lipinski definition) is 1. The maximum absolute atomic E-state index is 12.3.